The Labute approximate surface area is 334 Å². The van der Waals surface area contributed by atoms with Gasteiger partial charge in [-0.1, -0.05) is 126 Å². The van der Waals surface area contributed by atoms with Crippen LogP contribution in [0.25, 0.3) is 0 Å². The SMILES string of the molecule is CC(C)(C)C1C=CC2=C(C1)C(N(C1C=CCCC1)C1CC(c3ccccc3)CC(N3C4=CC=C(C5CCCCC5)CC4C4(CCCCC4)C3(C)C)C1)CS2. The van der Waals surface area contributed by atoms with Crippen molar-refractivity contribution >= 4 is 11.8 Å². The lowest BCUT2D eigenvalue weighted by molar-refractivity contribution is -0.0219. The van der Waals surface area contributed by atoms with Crippen LogP contribution in [-0.2, 0) is 0 Å². The summed E-state index contributed by atoms with van der Waals surface area (Å²) in [6, 6.07) is 14.0. The minimum Gasteiger partial charge on any atom is -0.366 e. The maximum Gasteiger partial charge on any atom is 0.0424 e. The van der Waals surface area contributed by atoms with Crippen molar-refractivity contribution in [3.05, 3.63) is 94.1 Å². The molecule has 1 saturated heterocycles. The predicted molar refractivity (Wildman–Crippen MR) is 231 cm³/mol. The van der Waals surface area contributed by atoms with Crippen LogP contribution in [0.1, 0.15) is 162 Å². The number of thioether (sulfide) groups is 1. The standard InChI is InChI=1S/C51H72N2S/c1-49(2,3)40-25-27-48-44(33-40)47(35-54-48)52(41-22-14-8-15-23-41)42-30-39(37-20-12-7-13-21-37)31-43(34-42)53-46-26-24-38(36-18-10-6-11-19-36)32-45(46)51(50(53,4)5)28-16-9-17-29-51/h7,12-14,20-22,24-27,36,39-43,45,47H,6,8-11,15-19,23,28-35H2,1-5H3. The third kappa shape index (κ3) is 6.69. The summed E-state index contributed by atoms with van der Waals surface area (Å²) in [6.07, 6.45) is 40.4. The molecule has 7 unspecified atom stereocenters. The first-order valence-electron chi connectivity index (χ1n) is 22.9. The fraction of sp³-hybridized carbons (Fsp3) is 0.686. The van der Waals surface area contributed by atoms with E-state index in [2.05, 4.69) is 123 Å². The fourth-order valence-electron chi connectivity index (χ4n) is 13.8. The quantitative estimate of drug-likeness (QED) is 0.268. The second-order valence-electron chi connectivity index (χ2n) is 20.8. The fourth-order valence-corrected chi connectivity index (χ4v) is 15.1. The molecule has 8 aliphatic rings. The van der Waals surface area contributed by atoms with Crippen LogP contribution in [0, 0.1) is 28.6 Å². The Morgan fingerprint density at radius 2 is 1.57 bits per heavy atom. The van der Waals surface area contributed by atoms with Crippen molar-refractivity contribution in [1.82, 2.24) is 9.80 Å². The number of hydrogen-bond acceptors (Lipinski definition) is 3. The lowest BCUT2D eigenvalue weighted by Gasteiger charge is -2.55. The highest BCUT2D eigenvalue weighted by molar-refractivity contribution is 8.03. The molecule has 2 nitrogen and oxygen atoms in total. The van der Waals surface area contributed by atoms with Crippen LogP contribution in [0.15, 0.2) is 88.5 Å². The average Bonchev–Trinajstić information content (AvgIpc) is 3.69. The Hall–Kier alpha value is -1.97. The van der Waals surface area contributed by atoms with Gasteiger partial charge in [-0.05, 0) is 131 Å². The zero-order valence-corrected chi connectivity index (χ0v) is 35.5. The van der Waals surface area contributed by atoms with E-state index >= 15 is 0 Å². The molecule has 6 aliphatic carbocycles. The highest BCUT2D eigenvalue weighted by atomic mass is 32.2. The van der Waals surface area contributed by atoms with Gasteiger partial charge in [0.1, 0.15) is 0 Å². The summed E-state index contributed by atoms with van der Waals surface area (Å²) in [7, 11) is 0. The van der Waals surface area contributed by atoms with E-state index in [1.807, 2.05) is 5.57 Å². The van der Waals surface area contributed by atoms with Gasteiger partial charge >= 0.3 is 0 Å². The molecular weight excluding hydrogens is 673 g/mol. The van der Waals surface area contributed by atoms with E-state index in [4.69, 9.17) is 0 Å². The molecule has 1 aromatic rings. The smallest absolute Gasteiger partial charge is 0.0424 e. The van der Waals surface area contributed by atoms with Crippen molar-refractivity contribution in [3.8, 4) is 0 Å². The molecule has 0 N–H and O–H groups in total. The zero-order chi connectivity index (χ0) is 37.1. The first-order chi connectivity index (χ1) is 26.1. The van der Waals surface area contributed by atoms with E-state index < -0.39 is 0 Å². The van der Waals surface area contributed by atoms with Crippen LogP contribution < -0.4 is 0 Å². The Kier molecular flexibility index (Phi) is 10.5. The first kappa shape index (κ1) is 37.6. The maximum atomic E-state index is 3.17. The van der Waals surface area contributed by atoms with Crippen molar-refractivity contribution in [1.29, 1.82) is 0 Å². The number of rotatable bonds is 6. The van der Waals surface area contributed by atoms with E-state index in [1.165, 1.54) is 121 Å². The number of nitrogens with zero attached hydrogens (tertiary/aromatic N) is 2. The normalized spacial score (nSPS) is 35.3. The summed E-state index contributed by atoms with van der Waals surface area (Å²) in [5, 5.41) is 0. The van der Waals surface area contributed by atoms with Gasteiger partial charge in [0.25, 0.3) is 0 Å². The summed E-state index contributed by atoms with van der Waals surface area (Å²) in [5.74, 6) is 3.98. The lowest BCUT2D eigenvalue weighted by atomic mass is 9.56. The second kappa shape index (κ2) is 15.1. The average molecular weight is 745 g/mol. The zero-order valence-electron chi connectivity index (χ0n) is 34.7. The van der Waals surface area contributed by atoms with Crippen LogP contribution in [-0.4, -0.2) is 45.3 Å². The van der Waals surface area contributed by atoms with E-state index in [0.29, 0.717) is 52.8 Å². The first-order valence-corrected chi connectivity index (χ1v) is 23.9. The summed E-state index contributed by atoms with van der Waals surface area (Å²) >= 11 is 2.17. The number of likely N-dealkylation sites (tertiary alicyclic amines) is 1. The summed E-state index contributed by atoms with van der Waals surface area (Å²) < 4.78 is 0. The van der Waals surface area contributed by atoms with E-state index in [0.717, 1.165) is 5.92 Å². The summed E-state index contributed by atoms with van der Waals surface area (Å²) in [5.41, 5.74) is 7.78. The second-order valence-corrected chi connectivity index (χ2v) is 21.9. The number of hydrogen-bond donors (Lipinski definition) is 0. The highest BCUT2D eigenvalue weighted by Crippen LogP contribution is 2.65. The van der Waals surface area contributed by atoms with Crippen molar-refractivity contribution in [2.45, 2.75) is 186 Å². The van der Waals surface area contributed by atoms with Gasteiger partial charge in [0.2, 0.25) is 0 Å². The molecular formula is C51H72N2S. The monoisotopic (exact) mass is 745 g/mol. The minimum atomic E-state index is 0.163. The summed E-state index contributed by atoms with van der Waals surface area (Å²) in [6.45, 7) is 12.8. The van der Waals surface area contributed by atoms with Gasteiger partial charge in [-0.25, -0.2) is 0 Å². The molecule has 9 rings (SSSR count). The molecule has 0 bridgehead atoms. The molecule has 1 aromatic carbocycles. The number of benzene rings is 1. The summed E-state index contributed by atoms with van der Waals surface area (Å²) in [4.78, 5) is 7.92. The molecule has 0 aromatic heterocycles. The van der Waals surface area contributed by atoms with Gasteiger partial charge in [0.05, 0.1) is 0 Å². The largest absolute Gasteiger partial charge is 0.366 e. The van der Waals surface area contributed by atoms with Gasteiger partial charge in [0, 0.05) is 57.4 Å². The third-order valence-corrected chi connectivity index (χ3v) is 17.9. The Balaban J connectivity index is 1.12. The minimum absolute atomic E-state index is 0.163. The van der Waals surface area contributed by atoms with Gasteiger partial charge in [-0.15, -0.1) is 11.8 Å². The molecule has 0 radical (unpaired) electrons. The number of allylic oxidation sites excluding steroid dienone is 7. The molecule has 2 aliphatic heterocycles. The van der Waals surface area contributed by atoms with Gasteiger partial charge < -0.3 is 4.90 Å². The Morgan fingerprint density at radius 3 is 2.31 bits per heavy atom. The highest BCUT2D eigenvalue weighted by Gasteiger charge is 2.63. The van der Waals surface area contributed by atoms with Crippen LogP contribution >= 0.6 is 11.8 Å². The molecule has 7 atom stereocenters. The van der Waals surface area contributed by atoms with Crippen molar-refractivity contribution in [2.24, 2.45) is 28.6 Å². The predicted octanol–water partition coefficient (Wildman–Crippen LogP) is 13.5. The topological polar surface area (TPSA) is 6.48 Å². The molecule has 54 heavy (non-hydrogen) atoms. The van der Waals surface area contributed by atoms with Crippen molar-refractivity contribution < 1.29 is 0 Å². The van der Waals surface area contributed by atoms with Gasteiger partial charge in [0.15, 0.2) is 0 Å². The molecule has 2 heterocycles. The van der Waals surface area contributed by atoms with Crippen molar-refractivity contribution in [2.75, 3.05) is 5.75 Å². The Morgan fingerprint density at radius 1 is 0.796 bits per heavy atom. The third-order valence-electron chi connectivity index (χ3n) is 16.7. The molecule has 292 valence electrons. The van der Waals surface area contributed by atoms with Crippen LogP contribution in [0.3, 0.4) is 0 Å². The van der Waals surface area contributed by atoms with Gasteiger partial charge in [-0.3, -0.25) is 4.90 Å². The molecule has 3 heteroatoms. The van der Waals surface area contributed by atoms with Crippen LogP contribution in [0.5, 0.6) is 0 Å². The van der Waals surface area contributed by atoms with Crippen molar-refractivity contribution in [3.63, 3.8) is 0 Å². The molecule has 3 saturated carbocycles. The maximum absolute atomic E-state index is 3.17. The lowest BCUT2D eigenvalue weighted by Crippen LogP contribution is -2.58. The van der Waals surface area contributed by atoms with Crippen LogP contribution in [0.4, 0.5) is 0 Å². The Bertz CT molecular complexity index is 1660. The molecule has 0 amide bonds. The molecule has 4 fully saturated rings. The molecule has 1 spiro atoms. The van der Waals surface area contributed by atoms with E-state index in [9.17, 15) is 0 Å². The van der Waals surface area contributed by atoms with E-state index in [-0.39, 0.29) is 5.54 Å². The van der Waals surface area contributed by atoms with E-state index in [1.54, 1.807) is 21.7 Å². The van der Waals surface area contributed by atoms with Gasteiger partial charge in [-0.2, -0.15) is 0 Å². The number of fused-ring (bicyclic) bond motifs is 2. The van der Waals surface area contributed by atoms with Crippen LogP contribution in [0.2, 0.25) is 0 Å².